The van der Waals surface area contributed by atoms with Gasteiger partial charge in [-0.3, -0.25) is 4.90 Å². The van der Waals surface area contributed by atoms with Crippen LogP contribution < -0.4 is 9.47 Å². The lowest BCUT2D eigenvalue weighted by molar-refractivity contribution is 0.265. The van der Waals surface area contributed by atoms with Crippen LogP contribution in [0.25, 0.3) is 0 Å². The van der Waals surface area contributed by atoms with Crippen molar-refractivity contribution < 1.29 is 9.47 Å². The molecule has 0 atom stereocenters. The third-order valence-electron chi connectivity index (χ3n) is 5.56. The van der Waals surface area contributed by atoms with Gasteiger partial charge in [-0.05, 0) is 18.1 Å². The molecule has 0 amide bonds. The number of nitrogens with zero attached hydrogens (tertiary/aromatic N) is 4. The van der Waals surface area contributed by atoms with Crippen molar-refractivity contribution in [2.45, 2.75) is 32.4 Å². The van der Waals surface area contributed by atoms with Crippen molar-refractivity contribution >= 4 is 0 Å². The van der Waals surface area contributed by atoms with Crippen LogP contribution >= 0.6 is 0 Å². The summed E-state index contributed by atoms with van der Waals surface area (Å²) in [6, 6.07) is 16.6. The maximum atomic E-state index is 5.57. The largest absolute Gasteiger partial charge is 0.497 e. The molecule has 0 unspecified atom stereocenters. The Bertz CT molecular complexity index is 939. The van der Waals surface area contributed by atoms with E-state index in [-0.39, 0.29) is 0 Å². The topological polar surface area (TPSA) is 52.4 Å². The summed E-state index contributed by atoms with van der Waals surface area (Å²) < 4.78 is 13.2. The lowest BCUT2D eigenvalue weighted by Gasteiger charge is -2.21. The molecule has 6 nitrogen and oxygen atoms in total. The molecule has 3 aromatic rings. The molecule has 6 heteroatoms. The molecule has 0 bridgehead atoms. The van der Waals surface area contributed by atoms with Crippen molar-refractivity contribution in [1.82, 2.24) is 19.7 Å². The van der Waals surface area contributed by atoms with Gasteiger partial charge in [0.15, 0.2) is 0 Å². The lowest BCUT2D eigenvalue weighted by atomic mass is 10.1. The summed E-state index contributed by atoms with van der Waals surface area (Å²) in [7, 11) is 3.38. The van der Waals surface area contributed by atoms with Gasteiger partial charge in [0, 0.05) is 50.7 Å². The number of fused-ring (bicyclic) bond motifs is 1. The molecule has 0 radical (unpaired) electrons. The number of benzene rings is 2. The second kappa shape index (κ2) is 9.09. The zero-order chi connectivity index (χ0) is 20.1. The number of aryl methyl sites for hydroxylation is 2. The van der Waals surface area contributed by atoms with Gasteiger partial charge in [0.2, 0.25) is 0 Å². The number of hydrogen-bond acceptors (Lipinski definition) is 5. The van der Waals surface area contributed by atoms with Crippen LogP contribution in [0.4, 0.5) is 0 Å². The molecule has 0 fully saturated rings. The highest BCUT2D eigenvalue weighted by molar-refractivity contribution is 5.40. The second-order valence-electron chi connectivity index (χ2n) is 7.37. The fraction of sp³-hybridized carbons (Fsp3) is 0.391. The molecule has 0 aliphatic carbocycles. The quantitative estimate of drug-likeness (QED) is 0.618. The van der Waals surface area contributed by atoms with Crippen molar-refractivity contribution in [3.05, 3.63) is 71.3 Å². The third-order valence-corrected chi connectivity index (χ3v) is 5.56. The van der Waals surface area contributed by atoms with E-state index in [2.05, 4.69) is 56.1 Å². The Kier molecular flexibility index (Phi) is 6.10. The number of ether oxygens (including phenoxy) is 2. The van der Waals surface area contributed by atoms with Crippen LogP contribution in [0.15, 0.2) is 48.5 Å². The highest BCUT2D eigenvalue weighted by Gasteiger charge is 2.19. The highest BCUT2D eigenvalue weighted by atomic mass is 16.5. The first-order valence-electron chi connectivity index (χ1n) is 10.1. The van der Waals surface area contributed by atoms with Crippen molar-refractivity contribution in [3.8, 4) is 11.5 Å². The normalized spacial score (nSPS) is 14.3. The van der Waals surface area contributed by atoms with E-state index in [1.54, 1.807) is 14.2 Å². The Morgan fingerprint density at radius 3 is 2.55 bits per heavy atom. The summed E-state index contributed by atoms with van der Waals surface area (Å²) in [6.07, 6.45) is 2.83. The fourth-order valence-corrected chi connectivity index (χ4v) is 3.89. The van der Waals surface area contributed by atoms with Crippen LogP contribution in [-0.4, -0.2) is 47.0 Å². The monoisotopic (exact) mass is 392 g/mol. The molecular formula is C23H28N4O2. The molecule has 4 rings (SSSR count). The molecule has 0 N–H and O–H groups in total. The number of hydrogen-bond donors (Lipinski definition) is 0. The first-order valence-corrected chi connectivity index (χ1v) is 10.1. The first kappa shape index (κ1) is 19.5. The second-order valence-corrected chi connectivity index (χ2v) is 7.37. The molecular weight excluding hydrogens is 364 g/mol. The third kappa shape index (κ3) is 4.59. The van der Waals surface area contributed by atoms with Gasteiger partial charge in [-0.2, -0.15) is 0 Å². The van der Waals surface area contributed by atoms with E-state index >= 15 is 0 Å². The van der Waals surface area contributed by atoms with Crippen molar-refractivity contribution in [1.29, 1.82) is 0 Å². The van der Waals surface area contributed by atoms with Crippen LogP contribution in [0, 0.1) is 0 Å². The first-order chi connectivity index (χ1) is 14.3. The van der Waals surface area contributed by atoms with Crippen LogP contribution in [0.5, 0.6) is 11.5 Å². The molecule has 29 heavy (non-hydrogen) atoms. The number of methoxy groups -OCH3 is 2. The van der Waals surface area contributed by atoms with E-state index in [4.69, 9.17) is 9.47 Å². The Labute approximate surface area is 172 Å². The fourth-order valence-electron chi connectivity index (χ4n) is 3.89. The van der Waals surface area contributed by atoms with Crippen LogP contribution in [0.3, 0.4) is 0 Å². The van der Waals surface area contributed by atoms with E-state index < -0.39 is 0 Å². The Morgan fingerprint density at radius 2 is 1.76 bits per heavy atom. The average Bonchev–Trinajstić information content (AvgIpc) is 3.05. The van der Waals surface area contributed by atoms with Crippen LogP contribution in [0.1, 0.15) is 22.8 Å². The molecule has 0 spiro atoms. The molecule has 1 aromatic heterocycles. The molecule has 1 aliphatic rings. The predicted octanol–water partition coefficient (Wildman–Crippen LogP) is 3.14. The minimum Gasteiger partial charge on any atom is -0.497 e. The maximum Gasteiger partial charge on any atom is 0.134 e. The SMILES string of the molecule is COc1ccc(CN2CCc3nnc(CCc4ccccc4)n3CC2)c(OC)c1. The summed E-state index contributed by atoms with van der Waals surface area (Å²) >= 11 is 0. The van der Waals surface area contributed by atoms with Gasteiger partial charge >= 0.3 is 0 Å². The Balaban J connectivity index is 1.40. The number of rotatable bonds is 7. The summed E-state index contributed by atoms with van der Waals surface area (Å²) in [6.45, 7) is 3.71. The molecule has 152 valence electrons. The van der Waals surface area contributed by atoms with Crippen molar-refractivity contribution in [2.24, 2.45) is 0 Å². The highest BCUT2D eigenvalue weighted by Crippen LogP contribution is 2.26. The van der Waals surface area contributed by atoms with E-state index in [9.17, 15) is 0 Å². The summed E-state index contributed by atoms with van der Waals surface area (Å²) in [4.78, 5) is 2.46. The smallest absolute Gasteiger partial charge is 0.134 e. The van der Waals surface area contributed by atoms with Gasteiger partial charge in [0.25, 0.3) is 0 Å². The van der Waals surface area contributed by atoms with Gasteiger partial charge < -0.3 is 14.0 Å². The Morgan fingerprint density at radius 1 is 0.897 bits per heavy atom. The van der Waals surface area contributed by atoms with Crippen LogP contribution in [-0.2, 0) is 32.4 Å². The van der Waals surface area contributed by atoms with Gasteiger partial charge in [-0.15, -0.1) is 10.2 Å². The van der Waals surface area contributed by atoms with Crippen molar-refractivity contribution in [3.63, 3.8) is 0 Å². The van der Waals surface area contributed by atoms with Gasteiger partial charge in [0.05, 0.1) is 14.2 Å². The molecule has 0 saturated heterocycles. The van der Waals surface area contributed by atoms with Crippen molar-refractivity contribution in [2.75, 3.05) is 27.3 Å². The van der Waals surface area contributed by atoms with Crippen LogP contribution in [0.2, 0.25) is 0 Å². The van der Waals surface area contributed by atoms with Gasteiger partial charge in [0.1, 0.15) is 23.1 Å². The molecule has 2 aromatic carbocycles. The standard InChI is InChI=1S/C23H28N4O2/c1-28-20-10-9-19(21(16-20)29-2)17-26-13-12-23-25-24-22(27(23)15-14-26)11-8-18-6-4-3-5-7-18/h3-7,9-10,16H,8,11-15,17H2,1-2H3. The summed E-state index contributed by atoms with van der Waals surface area (Å²) in [5.41, 5.74) is 2.52. The molecule has 2 heterocycles. The lowest BCUT2D eigenvalue weighted by Crippen LogP contribution is -2.27. The summed E-state index contributed by atoms with van der Waals surface area (Å²) in [5.74, 6) is 3.87. The molecule has 1 aliphatic heterocycles. The minimum atomic E-state index is 0.815. The zero-order valence-electron chi connectivity index (χ0n) is 17.2. The van der Waals surface area contributed by atoms with E-state index in [0.717, 1.165) is 68.6 Å². The minimum absolute atomic E-state index is 0.815. The molecule has 0 saturated carbocycles. The van der Waals surface area contributed by atoms with E-state index in [0.29, 0.717) is 0 Å². The zero-order valence-corrected chi connectivity index (χ0v) is 17.2. The average molecular weight is 393 g/mol. The van der Waals surface area contributed by atoms with E-state index in [1.807, 2.05) is 12.1 Å². The maximum absolute atomic E-state index is 5.57. The van der Waals surface area contributed by atoms with E-state index in [1.165, 1.54) is 11.1 Å². The van der Waals surface area contributed by atoms with Gasteiger partial charge in [-0.1, -0.05) is 36.4 Å². The van der Waals surface area contributed by atoms with Gasteiger partial charge in [-0.25, -0.2) is 0 Å². The number of aromatic nitrogens is 3. The predicted molar refractivity (Wildman–Crippen MR) is 112 cm³/mol. The Hall–Kier alpha value is -2.86. The summed E-state index contributed by atoms with van der Waals surface area (Å²) in [5, 5.41) is 8.94.